The fourth-order valence-corrected chi connectivity index (χ4v) is 2.49. The number of rotatable bonds is 13. The summed E-state index contributed by atoms with van der Waals surface area (Å²) in [4.78, 5) is 0. The molecule has 126 valence electrons. The van der Waals surface area contributed by atoms with Crippen LogP contribution in [-0.4, -0.2) is 41.3 Å². The van der Waals surface area contributed by atoms with Gasteiger partial charge in [-0.15, -0.1) is 0 Å². The maximum atomic E-state index is 5.65. The van der Waals surface area contributed by atoms with E-state index in [0.29, 0.717) is 0 Å². The molecule has 0 fully saturated rings. The SMILES string of the molecule is CCCCNC(=S)N(CCCC)N(CCCC)CCCC. The van der Waals surface area contributed by atoms with Gasteiger partial charge in [-0.1, -0.05) is 53.4 Å². The third kappa shape index (κ3) is 10.1. The molecule has 0 radical (unpaired) electrons. The van der Waals surface area contributed by atoms with Crippen LogP contribution >= 0.6 is 12.2 Å². The Labute approximate surface area is 138 Å². The summed E-state index contributed by atoms with van der Waals surface area (Å²) in [6, 6.07) is 0. The highest BCUT2D eigenvalue weighted by molar-refractivity contribution is 7.80. The molecule has 0 unspecified atom stereocenters. The van der Waals surface area contributed by atoms with Crippen LogP contribution in [0.4, 0.5) is 0 Å². The summed E-state index contributed by atoms with van der Waals surface area (Å²) >= 11 is 5.65. The maximum absolute atomic E-state index is 5.65. The second-order valence-corrected chi connectivity index (χ2v) is 6.11. The number of nitrogens with zero attached hydrogens (tertiary/aromatic N) is 2. The molecule has 0 bridgehead atoms. The normalized spacial score (nSPS) is 10.9. The molecule has 0 aromatic carbocycles. The van der Waals surface area contributed by atoms with Crippen LogP contribution in [0.2, 0.25) is 0 Å². The summed E-state index contributed by atoms with van der Waals surface area (Å²) in [5.74, 6) is 0. The second kappa shape index (κ2) is 14.6. The zero-order valence-electron chi connectivity index (χ0n) is 14.8. The standard InChI is InChI=1S/C17H37N3S/c1-5-9-13-18-17(21)20(16-12-8-4)19(14-10-6-2)15-11-7-3/h5-16H2,1-4H3,(H,18,21). The monoisotopic (exact) mass is 315 g/mol. The van der Waals surface area contributed by atoms with Crippen LogP contribution in [-0.2, 0) is 0 Å². The number of hydrogen-bond donors (Lipinski definition) is 1. The highest BCUT2D eigenvalue weighted by Crippen LogP contribution is 2.07. The molecule has 0 spiro atoms. The molecule has 1 N–H and O–H groups in total. The van der Waals surface area contributed by atoms with Crippen molar-refractivity contribution in [2.45, 2.75) is 79.1 Å². The summed E-state index contributed by atoms with van der Waals surface area (Å²) in [7, 11) is 0. The Morgan fingerprint density at radius 1 is 0.762 bits per heavy atom. The topological polar surface area (TPSA) is 18.5 Å². The largest absolute Gasteiger partial charge is 0.361 e. The summed E-state index contributed by atoms with van der Waals surface area (Å²) in [5, 5.41) is 9.17. The Hall–Kier alpha value is -0.350. The molecule has 0 rings (SSSR count). The minimum atomic E-state index is 0.920. The molecule has 21 heavy (non-hydrogen) atoms. The lowest BCUT2D eigenvalue weighted by Crippen LogP contribution is -2.52. The van der Waals surface area contributed by atoms with Gasteiger partial charge < -0.3 is 5.32 Å². The number of unbranched alkanes of at least 4 members (excludes halogenated alkanes) is 4. The summed E-state index contributed by atoms with van der Waals surface area (Å²) in [6.45, 7) is 13.3. The Morgan fingerprint density at radius 2 is 1.24 bits per heavy atom. The minimum absolute atomic E-state index is 0.920. The smallest absolute Gasteiger partial charge is 0.183 e. The van der Waals surface area contributed by atoms with Crippen molar-refractivity contribution in [3.8, 4) is 0 Å². The van der Waals surface area contributed by atoms with Crippen molar-refractivity contribution < 1.29 is 0 Å². The van der Waals surface area contributed by atoms with Crippen LogP contribution in [0.3, 0.4) is 0 Å². The first-order valence-electron chi connectivity index (χ1n) is 9.01. The van der Waals surface area contributed by atoms with E-state index in [2.05, 4.69) is 43.0 Å². The van der Waals surface area contributed by atoms with Gasteiger partial charge in [0.1, 0.15) is 0 Å². The fraction of sp³-hybridized carbons (Fsp3) is 0.941. The molecule has 0 heterocycles. The van der Waals surface area contributed by atoms with Crippen LogP contribution in [0.15, 0.2) is 0 Å². The van der Waals surface area contributed by atoms with E-state index in [0.717, 1.165) is 31.3 Å². The first kappa shape index (κ1) is 20.6. The van der Waals surface area contributed by atoms with E-state index in [1.54, 1.807) is 0 Å². The van der Waals surface area contributed by atoms with Crippen molar-refractivity contribution >= 4 is 17.3 Å². The Kier molecular flexibility index (Phi) is 14.3. The van der Waals surface area contributed by atoms with E-state index < -0.39 is 0 Å². The molecule has 0 saturated heterocycles. The van der Waals surface area contributed by atoms with Gasteiger partial charge in [0.2, 0.25) is 0 Å². The number of hydrogen-bond acceptors (Lipinski definition) is 2. The average molecular weight is 316 g/mol. The maximum Gasteiger partial charge on any atom is 0.183 e. The zero-order valence-corrected chi connectivity index (χ0v) is 15.6. The number of thiocarbonyl (C=S) groups is 1. The molecule has 0 atom stereocenters. The first-order valence-corrected chi connectivity index (χ1v) is 9.42. The van der Waals surface area contributed by atoms with Gasteiger partial charge in [-0.05, 0) is 37.9 Å². The summed E-state index contributed by atoms with van der Waals surface area (Å²) in [5.41, 5.74) is 0. The minimum Gasteiger partial charge on any atom is -0.361 e. The van der Waals surface area contributed by atoms with E-state index in [1.165, 1.54) is 51.4 Å². The molecule has 0 saturated carbocycles. The van der Waals surface area contributed by atoms with Crippen LogP contribution < -0.4 is 5.32 Å². The van der Waals surface area contributed by atoms with E-state index in [1.807, 2.05) is 0 Å². The molecule has 0 aliphatic rings. The van der Waals surface area contributed by atoms with E-state index in [-0.39, 0.29) is 0 Å². The number of hydrazine groups is 1. The average Bonchev–Trinajstić information content (AvgIpc) is 2.49. The first-order chi connectivity index (χ1) is 10.2. The molecular weight excluding hydrogens is 278 g/mol. The quantitative estimate of drug-likeness (QED) is 0.304. The molecule has 0 aliphatic heterocycles. The molecule has 0 aromatic heterocycles. The molecule has 0 amide bonds. The lowest BCUT2D eigenvalue weighted by Gasteiger charge is -2.37. The van der Waals surface area contributed by atoms with Gasteiger partial charge in [0.15, 0.2) is 5.11 Å². The van der Waals surface area contributed by atoms with Crippen molar-refractivity contribution in [2.24, 2.45) is 0 Å². The zero-order chi connectivity index (χ0) is 15.9. The molecule has 0 aliphatic carbocycles. The van der Waals surface area contributed by atoms with Crippen LogP contribution in [0.25, 0.3) is 0 Å². The molecule has 4 heteroatoms. The Bertz CT molecular complexity index is 238. The predicted octanol–water partition coefficient (Wildman–Crippen LogP) is 4.58. The molecule has 3 nitrogen and oxygen atoms in total. The van der Waals surface area contributed by atoms with Gasteiger partial charge in [0.05, 0.1) is 0 Å². The van der Waals surface area contributed by atoms with Crippen LogP contribution in [0, 0.1) is 0 Å². The lowest BCUT2D eigenvalue weighted by atomic mass is 10.3. The van der Waals surface area contributed by atoms with Crippen molar-refractivity contribution in [3.05, 3.63) is 0 Å². The van der Waals surface area contributed by atoms with Gasteiger partial charge in [-0.25, -0.2) is 5.01 Å². The summed E-state index contributed by atoms with van der Waals surface area (Å²) < 4.78 is 0. The van der Waals surface area contributed by atoms with Crippen LogP contribution in [0.5, 0.6) is 0 Å². The highest BCUT2D eigenvalue weighted by Gasteiger charge is 2.17. The van der Waals surface area contributed by atoms with Gasteiger partial charge >= 0.3 is 0 Å². The van der Waals surface area contributed by atoms with E-state index >= 15 is 0 Å². The molecular formula is C17H37N3S. The van der Waals surface area contributed by atoms with Gasteiger partial charge in [-0.2, -0.15) is 0 Å². The predicted molar refractivity (Wildman–Crippen MR) is 98.5 cm³/mol. The van der Waals surface area contributed by atoms with Gasteiger partial charge in [0.25, 0.3) is 0 Å². The lowest BCUT2D eigenvalue weighted by molar-refractivity contribution is 0.0392. The molecule has 0 aromatic rings. The van der Waals surface area contributed by atoms with Crippen molar-refractivity contribution in [2.75, 3.05) is 26.2 Å². The Morgan fingerprint density at radius 3 is 1.71 bits per heavy atom. The third-order valence-electron chi connectivity index (χ3n) is 3.65. The second-order valence-electron chi connectivity index (χ2n) is 5.72. The van der Waals surface area contributed by atoms with Crippen molar-refractivity contribution in [1.82, 2.24) is 15.3 Å². The van der Waals surface area contributed by atoms with Crippen molar-refractivity contribution in [3.63, 3.8) is 0 Å². The Balaban J connectivity index is 4.62. The third-order valence-corrected chi connectivity index (χ3v) is 4.00. The van der Waals surface area contributed by atoms with Crippen molar-refractivity contribution in [1.29, 1.82) is 0 Å². The fourth-order valence-electron chi connectivity index (χ4n) is 2.18. The van der Waals surface area contributed by atoms with Gasteiger partial charge in [-0.3, -0.25) is 5.01 Å². The van der Waals surface area contributed by atoms with E-state index in [4.69, 9.17) is 12.2 Å². The summed E-state index contributed by atoms with van der Waals surface area (Å²) in [6.07, 6.45) is 9.76. The van der Waals surface area contributed by atoms with E-state index in [9.17, 15) is 0 Å². The number of nitrogens with one attached hydrogen (secondary N) is 1. The van der Waals surface area contributed by atoms with Crippen LogP contribution in [0.1, 0.15) is 79.1 Å². The van der Waals surface area contributed by atoms with Gasteiger partial charge in [0, 0.05) is 26.2 Å². The highest BCUT2D eigenvalue weighted by atomic mass is 32.1.